The second kappa shape index (κ2) is 10.6. The smallest absolute Gasteiger partial charge is 0.343 e. The van der Waals surface area contributed by atoms with Gasteiger partial charge in [0.2, 0.25) is 0 Å². The molecule has 30 heavy (non-hydrogen) atoms. The van der Waals surface area contributed by atoms with Crippen molar-refractivity contribution in [2.24, 2.45) is 0 Å². The third kappa shape index (κ3) is 5.57. The quantitative estimate of drug-likeness (QED) is 0.501. The van der Waals surface area contributed by atoms with Crippen LogP contribution < -0.4 is 20.1 Å². The molecule has 2 rings (SSSR count). The normalized spacial score (nSPS) is 11.0. The van der Waals surface area contributed by atoms with Crippen LogP contribution in [-0.2, 0) is 16.1 Å². The Bertz CT molecular complexity index is 928. The summed E-state index contributed by atoms with van der Waals surface area (Å²) in [4.78, 5) is 48.0. The first kappa shape index (κ1) is 22.4. The zero-order valence-corrected chi connectivity index (χ0v) is 16.8. The van der Waals surface area contributed by atoms with E-state index in [0.717, 1.165) is 5.56 Å². The number of amides is 3. The Hall–Kier alpha value is -3.88. The molecule has 0 radical (unpaired) electrons. The first-order chi connectivity index (χ1) is 14.4. The number of methoxy groups -OCH3 is 2. The number of hydrogen-bond donors (Lipinski definition) is 2. The Morgan fingerprint density at radius 3 is 2.33 bits per heavy atom. The Morgan fingerprint density at radius 2 is 1.73 bits per heavy atom. The van der Waals surface area contributed by atoms with E-state index in [-0.39, 0.29) is 29.2 Å². The number of carbonyl (C=O) groups excluding carboxylic acids is 4. The monoisotopic (exact) mass is 414 g/mol. The molecule has 0 bridgehead atoms. The lowest BCUT2D eigenvalue weighted by Crippen LogP contribution is -2.44. The molecule has 9 nitrogen and oxygen atoms in total. The summed E-state index contributed by atoms with van der Waals surface area (Å²) in [6.45, 7) is 1.52. The molecule has 0 aliphatic carbocycles. The van der Waals surface area contributed by atoms with Crippen molar-refractivity contribution >= 4 is 24.2 Å². The van der Waals surface area contributed by atoms with Crippen LogP contribution >= 0.6 is 0 Å². The molecule has 0 heterocycles. The highest BCUT2D eigenvalue weighted by molar-refractivity contribution is 6.03. The Balaban J connectivity index is 2.02. The predicted octanol–water partition coefficient (Wildman–Crippen LogP) is 2.09. The van der Waals surface area contributed by atoms with Gasteiger partial charge in [0.15, 0.2) is 23.9 Å². The highest BCUT2D eigenvalue weighted by Crippen LogP contribution is 2.33. The number of carbonyl (C=O) groups is 4. The Morgan fingerprint density at radius 1 is 1.03 bits per heavy atom. The Labute approximate surface area is 173 Å². The number of imide groups is 1. The van der Waals surface area contributed by atoms with Crippen LogP contribution in [0.2, 0.25) is 0 Å². The van der Waals surface area contributed by atoms with Crippen LogP contribution in [0.15, 0.2) is 42.5 Å². The number of benzene rings is 2. The third-order valence-electron chi connectivity index (χ3n) is 4.09. The van der Waals surface area contributed by atoms with Crippen molar-refractivity contribution < 1.29 is 33.4 Å². The molecule has 0 fully saturated rings. The van der Waals surface area contributed by atoms with Gasteiger partial charge in [-0.2, -0.15) is 0 Å². The van der Waals surface area contributed by atoms with Crippen LogP contribution in [0.4, 0.5) is 4.79 Å². The van der Waals surface area contributed by atoms with E-state index in [4.69, 9.17) is 14.2 Å². The minimum atomic E-state index is -1.31. The molecule has 0 aliphatic heterocycles. The zero-order valence-electron chi connectivity index (χ0n) is 16.8. The van der Waals surface area contributed by atoms with Gasteiger partial charge in [0, 0.05) is 12.1 Å². The van der Waals surface area contributed by atoms with Crippen molar-refractivity contribution in [3.05, 3.63) is 59.2 Å². The fourth-order valence-corrected chi connectivity index (χ4v) is 2.56. The topological polar surface area (TPSA) is 120 Å². The number of nitrogens with one attached hydrogen (secondary N) is 2. The molecular weight excluding hydrogens is 392 g/mol. The van der Waals surface area contributed by atoms with Crippen molar-refractivity contribution in [1.82, 2.24) is 10.6 Å². The van der Waals surface area contributed by atoms with E-state index >= 15 is 0 Å². The van der Waals surface area contributed by atoms with Gasteiger partial charge in [0.1, 0.15) is 5.56 Å². The van der Waals surface area contributed by atoms with Crippen molar-refractivity contribution in [2.45, 2.75) is 19.6 Å². The van der Waals surface area contributed by atoms with Gasteiger partial charge in [-0.1, -0.05) is 30.3 Å². The first-order valence-electron chi connectivity index (χ1n) is 8.95. The van der Waals surface area contributed by atoms with Gasteiger partial charge in [-0.3, -0.25) is 14.9 Å². The lowest BCUT2D eigenvalue weighted by atomic mass is 10.1. The van der Waals surface area contributed by atoms with E-state index < -0.39 is 24.0 Å². The summed E-state index contributed by atoms with van der Waals surface area (Å²) in [6.07, 6.45) is -0.851. The van der Waals surface area contributed by atoms with Crippen LogP contribution in [0.3, 0.4) is 0 Å². The maximum Gasteiger partial charge on any atom is 0.343 e. The maximum atomic E-state index is 12.6. The number of aldehydes is 1. The molecule has 0 saturated carbocycles. The van der Waals surface area contributed by atoms with Gasteiger partial charge in [0.25, 0.3) is 5.91 Å². The second-order valence-electron chi connectivity index (χ2n) is 6.09. The molecule has 9 heteroatoms. The van der Waals surface area contributed by atoms with Gasteiger partial charge < -0.3 is 19.5 Å². The molecule has 0 aromatic heterocycles. The molecule has 0 spiro atoms. The average Bonchev–Trinajstić information content (AvgIpc) is 2.76. The highest BCUT2D eigenvalue weighted by Gasteiger charge is 2.27. The minimum Gasteiger partial charge on any atom is -0.493 e. The summed E-state index contributed by atoms with van der Waals surface area (Å²) < 4.78 is 15.4. The van der Waals surface area contributed by atoms with E-state index in [9.17, 15) is 19.2 Å². The second-order valence-corrected chi connectivity index (χ2v) is 6.09. The molecule has 0 aliphatic rings. The highest BCUT2D eigenvalue weighted by atomic mass is 16.6. The van der Waals surface area contributed by atoms with Crippen molar-refractivity contribution in [2.75, 3.05) is 14.2 Å². The summed E-state index contributed by atoms with van der Waals surface area (Å²) in [5, 5.41) is 4.62. The van der Waals surface area contributed by atoms with Gasteiger partial charge >= 0.3 is 12.0 Å². The molecule has 0 saturated heterocycles. The summed E-state index contributed by atoms with van der Waals surface area (Å²) >= 11 is 0. The summed E-state index contributed by atoms with van der Waals surface area (Å²) in [5.74, 6) is -1.59. The minimum absolute atomic E-state index is 0.000289. The van der Waals surface area contributed by atoms with Gasteiger partial charge in [-0.25, -0.2) is 9.59 Å². The summed E-state index contributed by atoms with van der Waals surface area (Å²) in [6, 6.07) is 11.2. The SMILES string of the molecule is COc1ccc(C=O)c(C(=O)O[C@@H](C)C(=O)NC(=O)NCc2ccccc2)c1OC. The van der Waals surface area contributed by atoms with E-state index in [1.165, 1.54) is 33.3 Å². The molecule has 1 atom stereocenters. The molecular formula is C21H22N2O7. The standard InChI is InChI=1S/C21H22N2O7/c1-13(19(25)23-21(27)22-11-14-7-5-4-6-8-14)30-20(26)17-15(12-24)9-10-16(28-2)18(17)29-3/h4-10,12-13H,11H2,1-3H3,(H2,22,23,25,27)/t13-/m0/s1. The van der Waals surface area contributed by atoms with E-state index in [1.807, 2.05) is 30.3 Å². The lowest BCUT2D eigenvalue weighted by Gasteiger charge is -2.17. The molecule has 0 unspecified atom stereocenters. The maximum absolute atomic E-state index is 12.6. The molecule has 158 valence electrons. The van der Waals surface area contributed by atoms with Crippen LogP contribution in [-0.4, -0.2) is 44.5 Å². The molecule has 3 amide bonds. The fraction of sp³-hybridized carbons (Fsp3) is 0.238. The van der Waals surface area contributed by atoms with Gasteiger partial charge in [0.05, 0.1) is 14.2 Å². The van der Waals surface area contributed by atoms with Crippen LogP contribution in [0.1, 0.15) is 33.2 Å². The molecule has 2 aromatic rings. The summed E-state index contributed by atoms with van der Waals surface area (Å²) in [5.41, 5.74) is 0.678. The van der Waals surface area contributed by atoms with Crippen molar-refractivity contribution in [1.29, 1.82) is 0 Å². The zero-order chi connectivity index (χ0) is 22.1. The molecule has 2 N–H and O–H groups in total. The Kier molecular flexibility index (Phi) is 7.92. The number of rotatable bonds is 8. The van der Waals surface area contributed by atoms with E-state index in [1.54, 1.807) is 0 Å². The molecule has 2 aromatic carbocycles. The average molecular weight is 414 g/mol. The van der Waals surface area contributed by atoms with Crippen LogP contribution in [0, 0.1) is 0 Å². The van der Waals surface area contributed by atoms with Crippen molar-refractivity contribution in [3.8, 4) is 11.5 Å². The largest absolute Gasteiger partial charge is 0.493 e. The van der Waals surface area contributed by atoms with E-state index in [2.05, 4.69) is 10.6 Å². The fourth-order valence-electron chi connectivity index (χ4n) is 2.56. The number of ether oxygens (including phenoxy) is 3. The van der Waals surface area contributed by atoms with Crippen LogP contribution in [0.25, 0.3) is 0 Å². The van der Waals surface area contributed by atoms with Gasteiger partial charge in [-0.15, -0.1) is 0 Å². The van der Waals surface area contributed by atoms with Gasteiger partial charge in [-0.05, 0) is 24.6 Å². The summed E-state index contributed by atoms with van der Waals surface area (Å²) in [7, 11) is 2.67. The van der Waals surface area contributed by atoms with E-state index in [0.29, 0.717) is 6.29 Å². The number of urea groups is 1. The van der Waals surface area contributed by atoms with Crippen molar-refractivity contribution in [3.63, 3.8) is 0 Å². The number of esters is 1. The van der Waals surface area contributed by atoms with Crippen LogP contribution in [0.5, 0.6) is 11.5 Å². The first-order valence-corrected chi connectivity index (χ1v) is 8.95. The third-order valence-corrected chi connectivity index (χ3v) is 4.09. The lowest BCUT2D eigenvalue weighted by molar-refractivity contribution is -0.127. The predicted molar refractivity (Wildman–Crippen MR) is 107 cm³/mol. The number of hydrogen-bond acceptors (Lipinski definition) is 7.